The van der Waals surface area contributed by atoms with Gasteiger partial charge < -0.3 is 9.80 Å². The summed E-state index contributed by atoms with van der Waals surface area (Å²) in [7, 11) is 0. The second-order valence-corrected chi connectivity index (χ2v) is 6.05. The van der Waals surface area contributed by atoms with E-state index in [0.29, 0.717) is 23.7 Å². The molecule has 1 aliphatic heterocycles. The van der Waals surface area contributed by atoms with Crippen LogP contribution < -0.4 is 4.90 Å². The third kappa shape index (κ3) is 3.82. The van der Waals surface area contributed by atoms with E-state index >= 15 is 0 Å². The van der Waals surface area contributed by atoms with E-state index in [4.69, 9.17) is 11.6 Å². The third-order valence-corrected chi connectivity index (χ3v) is 4.38. The molecule has 0 N–H and O–H groups in total. The summed E-state index contributed by atoms with van der Waals surface area (Å²) in [6.45, 7) is 2.83. The van der Waals surface area contributed by atoms with E-state index in [1.165, 1.54) is 6.07 Å². The summed E-state index contributed by atoms with van der Waals surface area (Å²) in [5, 5.41) is 0.715. The largest absolute Gasteiger partial charge is 0.368 e. The molecule has 0 aromatic heterocycles. The lowest BCUT2D eigenvalue weighted by molar-refractivity contribution is -0.130. The fourth-order valence-corrected chi connectivity index (χ4v) is 2.91. The van der Waals surface area contributed by atoms with Gasteiger partial charge in [0.05, 0.1) is 6.42 Å². The normalized spacial score (nSPS) is 14.9. The first kappa shape index (κ1) is 15.8. The lowest BCUT2D eigenvalue weighted by Crippen LogP contribution is -2.49. The molecule has 1 heterocycles. The van der Waals surface area contributed by atoms with E-state index in [1.807, 2.05) is 24.3 Å². The van der Waals surface area contributed by atoms with Crippen LogP contribution in [0.1, 0.15) is 5.56 Å². The van der Waals surface area contributed by atoms with Gasteiger partial charge in [-0.15, -0.1) is 0 Å². The van der Waals surface area contributed by atoms with Gasteiger partial charge in [0.2, 0.25) is 5.91 Å². The molecule has 0 aliphatic carbocycles. The number of piperazine rings is 1. The van der Waals surface area contributed by atoms with Crippen molar-refractivity contribution in [1.29, 1.82) is 0 Å². The van der Waals surface area contributed by atoms with Crippen LogP contribution in [-0.4, -0.2) is 37.0 Å². The van der Waals surface area contributed by atoms with Gasteiger partial charge in [0.15, 0.2) is 0 Å². The highest BCUT2D eigenvalue weighted by atomic mass is 35.5. The Hall–Kier alpha value is -2.07. The molecule has 5 heteroatoms. The van der Waals surface area contributed by atoms with Gasteiger partial charge in [0.1, 0.15) is 5.82 Å². The number of benzene rings is 2. The van der Waals surface area contributed by atoms with E-state index in [1.54, 1.807) is 23.1 Å². The van der Waals surface area contributed by atoms with Crippen molar-refractivity contribution < 1.29 is 9.18 Å². The van der Waals surface area contributed by atoms with Crippen LogP contribution in [0.3, 0.4) is 0 Å². The van der Waals surface area contributed by atoms with Crippen LogP contribution >= 0.6 is 11.6 Å². The summed E-state index contributed by atoms with van der Waals surface area (Å²) in [6, 6.07) is 14.1. The Kier molecular flexibility index (Phi) is 4.82. The first-order valence-corrected chi connectivity index (χ1v) is 8.03. The maximum atomic E-state index is 13.6. The van der Waals surface area contributed by atoms with Crippen LogP contribution in [0.5, 0.6) is 0 Å². The Morgan fingerprint density at radius 1 is 1.00 bits per heavy atom. The zero-order valence-corrected chi connectivity index (χ0v) is 13.5. The molecule has 3 nitrogen and oxygen atoms in total. The van der Waals surface area contributed by atoms with Crippen LogP contribution in [0.2, 0.25) is 5.02 Å². The molecule has 1 aliphatic rings. The van der Waals surface area contributed by atoms with Crippen molar-refractivity contribution in [3.63, 3.8) is 0 Å². The molecule has 0 saturated carbocycles. The molecule has 1 fully saturated rings. The molecule has 3 rings (SSSR count). The Morgan fingerprint density at radius 2 is 1.65 bits per heavy atom. The van der Waals surface area contributed by atoms with Crippen molar-refractivity contribution in [1.82, 2.24) is 4.90 Å². The van der Waals surface area contributed by atoms with Crippen molar-refractivity contribution in [2.45, 2.75) is 6.42 Å². The molecule has 2 aromatic carbocycles. The fraction of sp³-hybridized carbons (Fsp3) is 0.278. The number of anilines is 1. The highest BCUT2D eigenvalue weighted by Gasteiger charge is 2.22. The van der Waals surface area contributed by atoms with Crippen LogP contribution in [-0.2, 0) is 11.2 Å². The SMILES string of the molecule is O=C(Cc1ccccc1F)N1CCN(c2ccc(Cl)cc2)CC1. The van der Waals surface area contributed by atoms with Crippen LogP contribution in [0.15, 0.2) is 48.5 Å². The summed E-state index contributed by atoms with van der Waals surface area (Å²) in [6.07, 6.45) is 0.119. The first-order valence-electron chi connectivity index (χ1n) is 7.65. The van der Waals surface area contributed by atoms with Gasteiger partial charge in [-0.2, -0.15) is 0 Å². The van der Waals surface area contributed by atoms with Crippen molar-refractivity contribution in [3.8, 4) is 0 Å². The minimum atomic E-state index is -0.319. The standard InChI is InChI=1S/C18H18ClFN2O/c19-15-5-7-16(8-6-15)21-9-11-22(12-10-21)18(23)13-14-3-1-2-4-17(14)20/h1-8H,9-13H2. The molecule has 23 heavy (non-hydrogen) atoms. The minimum Gasteiger partial charge on any atom is -0.368 e. The van der Waals surface area contributed by atoms with Gasteiger partial charge in [-0.05, 0) is 35.9 Å². The Balaban J connectivity index is 1.57. The van der Waals surface area contributed by atoms with Crippen molar-refractivity contribution >= 4 is 23.2 Å². The molecular weight excluding hydrogens is 315 g/mol. The van der Waals surface area contributed by atoms with Crippen molar-refractivity contribution in [2.75, 3.05) is 31.1 Å². The van der Waals surface area contributed by atoms with Gasteiger partial charge in [0, 0.05) is 36.9 Å². The van der Waals surface area contributed by atoms with Crippen LogP contribution in [0, 0.1) is 5.82 Å². The number of rotatable bonds is 3. The lowest BCUT2D eigenvalue weighted by Gasteiger charge is -2.36. The van der Waals surface area contributed by atoms with E-state index < -0.39 is 0 Å². The van der Waals surface area contributed by atoms with Crippen molar-refractivity contribution in [3.05, 3.63) is 64.9 Å². The summed E-state index contributed by atoms with van der Waals surface area (Å²) in [5.74, 6) is -0.341. The zero-order valence-electron chi connectivity index (χ0n) is 12.7. The molecule has 0 radical (unpaired) electrons. The van der Waals surface area contributed by atoms with Gasteiger partial charge in [-0.3, -0.25) is 4.79 Å². The summed E-state index contributed by atoms with van der Waals surface area (Å²) in [5.41, 5.74) is 1.56. The Morgan fingerprint density at radius 3 is 2.30 bits per heavy atom. The quantitative estimate of drug-likeness (QED) is 0.860. The highest BCUT2D eigenvalue weighted by molar-refractivity contribution is 6.30. The number of hydrogen-bond donors (Lipinski definition) is 0. The average Bonchev–Trinajstić information content (AvgIpc) is 2.58. The van der Waals surface area contributed by atoms with Crippen LogP contribution in [0.4, 0.5) is 10.1 Å². The van der Waals surface area contributed by atoms with E-state index in [9.17, 15) is 9.18 Å². The predicted octanol–water partition coefficient (Wildman–Crippen LogP) is 3.37. The molecule has 0 unspecified atom stereocenters. The van der Waals surface area contributed by atoms with E-state index in [2.05, 4.69) is 4.90 Å². The highest BCUT2D eigenvalue weighted by Crippen LogP contribution is 2.20. The molecule has 2 aromatic rings. The third-order valence-electron chi connectivity index (χ3n) is 4.12. The number of halogens is 2. The monoisotopic (exact) mass is 332 g/mol. The maximum Gasteiger partial charge on any atom is 0.227 e. The smallest absolute Gasteiger partial charge is 0.227 e. The second-order valence-electron chi connectivity index (χ2n) is 5.61. The zero-order chi connectivity index (χ0) is 16.2. The van der Waals surface area contributed by atoms with Gasteiger partial charge in [0.25, 0.3) is 0 Å². The molecule has 120 valence electrons. The summed E-state index contributed by atoms with van der Waals surface area (Å²) >= 11 is 5.90. The molecule has 1 saturated heterocycles. The molecule has 1 amide bonds. The van der Waals surface area contributed by atoms with Crippen molar-refractivity contribution in [2.24, 2.45) is 0 Å². The fourth-order valence-electron chi connectivity index (χ4n) is 2.78. The number of amides is 1. The molecule has 0 atom stereocenters. The Labute approximate surface area is 140 Å². The minimum absolute atomic E-state index is 0.0224. The topological polar surface area (TPSA) is 23.6 Å². The van der Waals surface area contributed by atoms with Gasteiger partial charge in [-0.1, -0.05) is 29.8 Å². The average molecular weight is 333 g/mol. The number of hydrogen-bond acceptors (Lipinski definition) is 2. The Bertz CT molecular complexity index is 682. The molecule has 0 bridgehead atoms. The molecular formula is C18H18ClFN2O. The summed E-state index contributed by atoms with van der Waals surface area (Å²) < 4.78 is 13.6. The number of carbonyl (C=O) groups excluding carboxylic acids is 1. The van der Waals surface area contributed by atoms with Crippen LogP contribution in [0.25, 0.3) is 0 Å². The number of nitrogens with zero attached hydrogens (tertiary/aromatic N) is 2. The molecule has 0 spiro atoms. The van der Waals surface area contributed by atoms with Gasteiger partial charge in [-0.25, -0.2) is 4.39 Å². The summed E-state index contributed by atoms with van der Waals surface area (Å²) in [4.78, 5) is 16.4. The first-order chi connectivity index (χ1) is 11.1. The second kappa shape index (κ2) is 7.01. The lowest BCUT2D eigenvalue weighted by atomic mass is 10.1. The van der Waals surface area contributed by atoms with E-state index in [0.717, 1.165) is 18.8 Å². The maximum absolute atomic E-state index is 13.6. The van der Waals surface area contributed by atoms with Gasteiger partial charge >= 0.3 is 0 Å². The van der Waals surface area contributed by atoms with E-state index in [-0.39, 0.29) is 18.1 Å². The predicted molar refractivity (Wildman–Crippen MR) is 90.3 cm³/mol. The number of carbonyl (C=O) groups is 1.